The van der Waals surface area contributed by atoms with Crippen molar-refractivity contribution in [1.29, 1.82) is 0 Å². The minimum atomic E-state index is -1.58. The molecule has 0 spiro atoms. The third-order valence-corrected chi connectivity index (χ3v) is 5.76. The zero-order valence-corrected chi connectivity index (χ0v) is 17.1. The van der Waals surface area contributed by atoms with E-state index in [1.807, 2.05) is 39.8 Å². The van der Waals surface area contributed by atoms with Crippen molar-refractivity contribution in [3.8, 4) is 0 Å². The molecule has 0 bridgehead atoms. The molecule has 5 nitrogen and oxygen atoms in total. The van der Waals surface area contributed by atoms with E-state index >= 15 is 0 Å². The van der Waals surface area contributed by atoms with Crippen molar-refractivity contribution in [3.63, 3.8) is 0 Å². The van der Waals surface area contributed by atoms with Gasteiger partial charge in [-0.2, -0.15) is 0 Å². The number of aryl methyl sites for hydroxylation is 1. The number of hydrogen-bond acceptors (Lipinski definition) is 5. The molecule has 0 saturated heterocycles. The van der Waals surface area contributed by atoms with Gasteiger partial charge in [-0.05, 0) is 33.1 Å². The zero-order valence-electron chi connectivity index (χ0n) is 17.1. The minimum absolute atomic E-state index is 0.0619. The molecule has 1 aliphatic rings. The first-order valence-corrected chi connectivity index (χ1v) is 9.71. The average Bonchev–Trinajstić information content (AvgIpc) is 3.28. The molecular formula is C22H30O5. The molecule has 0 radical (unpaired) electrons. The molecule has 1 aromatic carbocycles. The van der Waals surface area contributed by atoms with Gasteiger partial charge in [0.15, 0.2) is 11.2 Å². The summed E-state index contributed by atoms with van der Waals surface area (Å²) < 4.78 is 10.6. The van der Waals surface area contributed by atoms with Gasteiger partial charge in [0, 0.05) is 11.5 Å². The summed E-state index contributed by atoms with van der Waals surface area (Å²) in [6.45, 7) is 11.3. The van der Waals surface area contributed by atoms with Gasteiger partial charge in [0.05, 0.1) is 18.6 Å². The fourth-order valence-corrected chi connectivity index (χ4v) is 4.77. The Morgan fingerprint density at radius 1 is 0.963 bits per heavy atom. The molecule has 0 aliphatic heterocycles. The number of Topliss-reactive ketones (excluding diaryl/α,β-unsaturated/α-hetero) is 1. The Bertz CT molecular complexity index is 701. The summed E-state index contributed by atoms with van der Waals surface area (Å²) in [5.41, 5.74) is -1.18. The van der Waals surface area contributed by atoms with E-state index in [0.29, 0.717) is 12.0 Å². The number of carbonyl (C=O) groups is 3. The van der Waals surface area contributed by atoms with Gasteiger partial charge in [0.1, 0.15) is 0 Å². The Morgan fingerprint density at radius 3 is 1.81 bits per heavy atom. The highest BCUT2D eigenvalue weighted by Crippen LogP contribution is 2.75. The summed E-state index contributed by atoms with van der Waals surface area (Å²) >= 11 is 0. The van der Waals surface area contributed by atoms with Crippen molar-refractivity contribution in [1.82, 2.24) is 0 Å². The van der Waals surface area contributed by atoms with Crippen molar-refractivity contribution >= 4 is 17.7 Å². The van der Waals surface area contributed by atoms with Gasteiger partial charge in [-0.25, -0.2) is 0 Å². The van der Waals surface area contributed by atoms with E-state index in [4.69, 9.17) is 9.47 Å². The molecule has 2 unspecified atom stereocenters. The van der Waals surface area contributed by atoms with Gasteiger partial charge in [-0.1, -0.05) is 50.6 Å². The fraction of sp³-hybridized carbons (Fsp3) is 0.591. The van der Waals surface area contributed by atoms with Crippen LogP contribution in [0, 0.1) is 29.6 Å². The maximum absolute atomic E-state index is 13.6. The van der Waals surface area contributed by atoms with E-state index in [-0.39, 0.29) is 24.9 Å². The van der Waals surface area contributed by atoms with Crippen LogP contribution < -0.4 is 0 Å². The van der Waals surface area contributed by atoms with E-state index in [0.717, 1.165) is 5.56 Å². The lowest BCUT2D eigenvalue weighted by Crippen LogP contribution is -2.38. The van der Waals surface area contributed by atoms with Crippen LogP contribution in [0.2, 0.25) is 0 Å². The van der Waals surface area contributed by atoms with E-state index in [9.17, 15) is 14.4 Å². The van der Waals surface area contributed by atoms with E-state index in [1.54, 1.807) is 26.0 Å². The molecule has 148 valence electrons. The summed E-state index contributed by atoms with van der Waals surface area (Å²) in [5.74, 6) is -2.01. The fourth-order valence-electron chi connectivity index (χ4n) is 4.77. The Labute approximate surface area is 161 Å². The van der Waals surface area contributed by atoms with Crippen LogP contribution in [0.1, 0.15) is 57.0 Å². The van der Waals surface area contributed by atoms with Crippen LogP contribution in [0.4, 0.5) is 0 Å². The maximum Gasteiger partial charge on any atom is 0.324 e. The number of hydrogen-bond donors (Lipinski definition) is 0. The highest BCUT2D eigenvalue weighted by atomic mass is 16.6. The van der Waals surface area contributed by atoms with Crippen LogP contribution >= 0.6 is 0 Å². The number of esters is 2. The molecule has 1 saturated carbocycles. The van der Waals surface area contributed by atoms with Gasteiger partial charge in [0.2, 0.25) is 0 Å². The second kappa shape index (κ2) is 7.83. The summed E-state index contributed by atoms with van der Waals surface area (Å²) in [6.07, 6.45) is 0.361. The number of ether oxygens (including phenoxy) is 2. The Hall–Kier alpha value is -2.17. The lowest BCUT2D eigenvalue weighted by molar-refractivity contribution is -0.167. The highest BCUT2D eigenvalue weighted by molar-refractivity contribution is 6.17. The number of carbonyl (C=O) groups excluding carboxylic acids is 3. The molecule has 1 aliphatic carbocycles. The Kier molecular flexibility index (Phi) is 6.13. The van der Waals surface area contributed by atoms with Gasteiger partial charge in [0.25, 0.3) is 0 Å². The number of rotatable bonds is 8. The van der Waals surface area contributed by atoms with Crippen LogP contribution in [0.15, 0.2) is 24.3 Å². The van der Waals surface area contributed by atoms with Crippen molar-refractivity contribution in [2.24, 2.45) is 22.7 Å². The molecule has 0 aromatic heterocycles. The second-order valence-corrected chi connectivity index (χ2v) is 7.49. The van der Waals surface area contributed by atoms with Gasteiger partial charge >= 0.3 is 11.9 Å². The molecular weight excluding hydrogens is 344 g/mol. The third-order valence-electron chi connectivity index (χ3n) is 5.76. The molecule has 27 heavy (non-hydrogen) atoms. The smallest absolute Gasteiger partial charge is 0.324 e. The molecule has 2 rings (SSSR count). The lowest BCUT2D eigenvalue weighted by Gasteiger charge is -2.21. The summed E-state index contributed by atoms with van der Waals surface area (Å²) in [5, 5.41) is 0. The molecule has 0 N–H and O–H groups in total. The predicted molar refractivity (Wildman–Crippen MR) is 102 cm³/mol. The second-order valence-electron chi connectivity index (χ2n) is 7.49. The summed E-state index contributed by atoms with van der Waals surface area (Å²) in [7, 11) is 0. The zero-order chi connectivity index (χ0) is 20.4. The molecule has 0 heterocycles. The van der Waals surface area contributed by atoms with E-state index < -0.39 is 28.7 Å². The van der Waals surface area contributed by atoms with Gasteiger partial charge in [-0.15, -0.1) is 0 Å². The molecule has 1 aromatic rings. The van der Waals surface area contributed by atoms with E-state index in [1.165, 1.54) is 0 Å². The standard InChI is InChI=1S/C22H30O5/c1-7-21(18(23)16-12-10-15(6)11-13-16)17(14(4)5)22(21,19(24)26-8-2)20(25)27-9-3/h10-14,17H,7-9H2,1-6H3. The van der Waals surface area contributed by atoms with Crippen LogP contribution in [0.25, 0.3) is 0 Å². The van der Waals surface area contributed by atoms with Crippen molar-refractivity contribution in [2.75, 3.05) is 13.2 Å². The third kappa shape index (κ3) is 2.97. The number of benzene rings is 1. The van der Waals surface area contributed by atoms with E-state index in [2.05, 4.69) is 0 Å². The normalized spacial score (nSPS) is 23.0. The van der Waals surface area contributed by atoms with Crippen molar-refractivity contribution in [2.45, 2.75) is 48.0 Å². The SMILES string of the molecule is CCOC(=O)C1(C(=O)OCC)C(C(C)C)C1(CC)C(=O)c1ccc(C)cc1. The summed E-state index contributed by atoms with van der Waals surface area (Å²) in [4.78, 5) is 39.7. The monoisotopic (exact) mass is 374 g/mol. The van der Waals surface area contributed by atoms with Crippen LogP contribution in [0.3, 0.4) is 0 Å². The van der Waals surface area contributed by atoms with Crippen LogP contribution in [0.5, 0.6) is 0 Å². The molecule has 5 heteroatoms. The summed E-state index contributed by atoms with van der Waals surface area (Å²) in [6, 6.07) is 7.23. The first-order valence-electron chi connectivity index (χ1n) is 9.71. The first kappa shape index (κ1) is 21.1. The van der Waals surface area contributed by atoms with Gasteiger partial charge < -0.3 is 9.47 Å². The average molecular weight is 374 g/mol. The number of ketones is 1. The van der Waals surface area contributed by atoms with Crippen LogP contribution in [-0.4, -0.2) is 30.9 Å². The highest BCUT2D eigenvalue weighted by Gasteiger charge is 2.88. The molecule has 1 fully saturated rings. The Morgan fingerprint density at radius 2 is 1.44 bits per heavy atom. The minimum Gasteiger partial charge on any atom is -0.465 e. The van der Waals surface area contributed by atoms with Crippen LogP contribution in [-0.2, 0) is 19.1 Å². The molecule has 0 amide bonds. The maximum atomic E-state index is 13.6. The van der Waals surface area contributed by atoms with Crippen molar-refractivity contribution < 1.29 is 23.9 Å². The first-order chi connectivity index (χ1) is 12.7. The lowest BCUT2D eigenvalue weighted by atomic mass is 9.82. The molecule has 2 atom stereocenters. The Balaban J connectivity index is 2.65. The quantitative estimate of drug-likeness (QED) is 0.391. The topological polar surface area (TPSA) is 69.7 Å². The van der Waals surface area contributed by atoms with Gasteiger partial charge in [-0.3, -0.25) is 14.4 Å². The van der Waals surface area contributed by atoms with Crippen molar-refractivity contribution in [3.05, 3.63) is 35.4 Å². The predicted octanol–water partition coefficient (Wildman–Crippen LogP) is 3.97. The largest absolute Gasteiger partial charge is 0.465 e.